The predicted octanol–water partition coefficient (Wildman–Crippen LogP) is 4.03. The van der Waals surface area contributed by atoms with E-state index in [2.05, 4.69) is 0 Å². The summed E-state index contributed by atoms with van der Waals surface area (Å²) in [5.74, 6) is -1.34. The Balaban J connectivity index is 2.06. The van der Waals surface area contributed by atoms with Gasteiger partial charge in [-0.05, 0) is 55.5 Å². The number of rotatable bonds is 5. The van der Waals surface area contributed by atoms with Gasteiger partial charge in [-0.2, -0.15) is 0 Å². The maximum absolute atomic E-state index is 14.8. The van der Waals surface area contributed by atoms with E-state index in [1.54, 1.807) is 35.2 Å². The molecular weight excluding hydrogens is 539 g/mol. The molecule has 0 aromatic heterocycles. The number of methoxy groups -OCH3 is 1. The fourth-order valence-electron chi connectivity index (χ4n) is 4.96. The van der Waals surface area contributed by atoms with Crippen molar-refractivity contribution >= 4 is 23.4 Å². The van der Waals surface area contributed by atoms with Crippen molar-refractivity contribution in [2.45, 2.75) is 57.5 Å². The first-order valence-electron chi connectivity index (χ1n) is 13.7. The van der Waals surface area contributed by atoms with Crippen LogP contribution in [0.5, 0.6) is 0 Å². The number of aliphatic hydroxyl groups excluding tert-OH is 2. The highest BCUT2D eigenvalue weighted by atomic mass is 35.5. The summed E-state index contributed by atoms with van der Waals surface area (Å²) < 4.78 is 25.9. The molecule has 3 rings (SSSR count). The highest BCUT2D eigenvalue weighted by molar-refractivity contribution is 6.30. The number of hydrogen-bond donors (Lipinski definition) is 2. The first-order chi connectivity index (χ1) is 19.1. The fraction of sp³-hybridized carbons (Fsp3) is 0.533. The highest BCUT2D eigenvalue weighted by Crippen LogP contribution is 2.22. The monoisotopic (exact) mass is 578 g/mol. The van der Waals surface area contributed by atoms with Gasteiger partial charge in [-0.15, -0.1) is 0 Å². The Bertz CT molecular complexity index is 1120. The minimum Gasteiger partial charge on any atom is -0.388 e. The molecule has 1 saturated heterocycles. The van der Waals surface area contributed by atoms with Crippen LogP contribution in [0.1, 0.15) is 53.8 Å². The molecule has 1 aliphatic heterocycles. The Labute approximate surface area is 240 Å². The average molecular weight is 579 g/mol. The van der Waals surface area contributed by atoms with Crippen LogP contribution in [0.4, 0.5) is 4.39 Å². The lowest BCUT2D eigenvalue weighted by Crippen LogP contribution is -2.54. The van der Waals surface area contributed by atoms with Crippen LogP contribution in [0.15, 0.2) is 48.5 Å². The molecule has 0 saturated carbocycles. The molecule has 10 heteroatoms. The molecule has 0 unspecified atom stereocenters. The lowest BCUT2D eigenvalue weighted by atomic mass is 9.99. The molecule has 40 heavy (non-hydrogen) atoms. The lowest BCUT2D eigenvalue weighted by Gasteiger charge is -2.39. The molecule has 1 heterocycles. The zero-order chi connectivity index (χ0) is 29.2. The molecule has 8 nitrogen and oxygen atoms in total. The molecule has 0 bridgehead atoms. The first-order valence-corrected chi connectivity index (χ1v) is 14.1. The van der Waals surface area contributed by atoms with Crippen LogP contribution in [-0.2, 0) is 9.47 Å². The van der Waals surface area contributed by atoms with Crippen molar-refractivity contribution in [1.29, 1.82) is 0 Å². The number of halogens is 2. The summed E-state index contributed by atoms with van der Waals surface area (Å²) in [5, 5.41) is 21.8. The summed E-state index contributed by atoms with van der Waals surface area (Å²) in [6, 6.07) is 12.0. The third-order valence-electron chi connectivity index (χ3n) is 7.04. The number of benzene rings is 2. The van der Waals surface area contributed by atoms with E-state index >= 15 is 0 Å². The van der Waals surface area contributed by atoms with Crippen molar-refractivity contribution < 1.29 is 33.7 Å². The summed E-state index contributed by atoms with van der Waals surface area (Å²) in [6.07, 6.45) is -1.81. The molecule has 4 atom stereocenters. The molecule has 2 amide bonds. The standard InChI is InChI=1S/C30H40ClFN2O6/c1-20(2)15-23-17-33(30(38)24-11-4-5-12-25(24)32)18-27(39-3)28(36)26(35)19-40-14-7-6-13-34(23)29(37)21-9-8-10-22(31)16-21/h4-5,8-12,16,20,23,26-28,35-36H,6-7,13-15,17-19H2,1-3H3/t23-,26-,27-,28-/m1/s1. The average Bonchev–Trinajstić information content (AvgIpc) is 2.92. The predicted molar refractivity (Wildman–Crippen MR) is 151 cm³/mol. The lowest BCUT2D eigenvalue weighted by molar-refractivity contribution is -0.105. The molecule has 2 aromatic rings. The number of aliphatic hydroxyl groups is 2. The maximum Gasteiger partial charge on any atom is 0.256 e. The topological polar surface area (TPSA) is 99.5 Å². The van der Waals surface area contributed by atoms with Gasteiger partial charge in [0.2, 0.25) is 0 Å². The van der Waals surface area contributed by atoms with E-state index in [9.17, 15) is 24.2 Å². The van der Waals surface area contributed by atoms with E-state index in [4.69, 9.17) is 21.1 Å². The number of hydrogen-bond acceptors (Lipinski definition) is 6. The van der Waals surface area contributed by atoms with Crippen LogP contribution >= 0.6 is 11.6 Å². The van der Waals surface area contributed by atoms with Crippen molar-refractivity contribution in [2.24, 2.45) is 5.92 Å². The minimum atomic E-state index is -1.36. The molecule has 2 aromatic carbocycles. The van der Waals surface area contributed by atoms with E-state index in [-0.39, 0.29) is 37.1 Å². The molecule has 2 N–H and O–H groups in total. The maximum atomic E-state index is 14.8. The van der Waals surface area contributed by atoms with E-state index in [1.165, 1.54) is 30.2 Å². The third kappa shape index (κ3) is 8.72. The van der Waals surface area contributed by atoms with Crippen LogP contribution in [-0.4, -0.2) is 96.1 Å². The van der Waals surface area contributed by atoms with Crippen LogP contribution in [0, 0.1) is 11.7 Å². The number of nitrogens with zero attached hydrogens (tertiary/aromatic N) is 2. The van der Waals surface area contributed by atoms with Crippen LogP contribution in [0.3, 0.4) is 0 Å². The fourth-order valence-corrected chi connectivity index (χ4v) is 5.15. The second-order valence-corrected chi connectivity index (χ2v) is 11.0. The van der Waals surface area contributed by atoms with E-state index in [1.807, 2.05) is 13.8 Å². The van der Waals surface area contributed by atoms with Gasteiger partial charge in [0.1, 0.15) is 24.1 Å². The summed E-state index contributed by atoms with van der Waals surface area (Å²) in [4.78, 5) is 30.8. The molecule has 0 spiro atoms. The van der Waals surface area contributed by atoms with Crippen molar-refractivity contribution in [2.75, 3.05) is 40.0 Å². The van der Waals surface area contributed by atoms with E-state index < -0.39 is 36.1 Å². The van der Waals surface area contributed by atoms with Gasteiger partial charge < -0.3 is 29.5 Å². The summed E-state index contributed by atoms with van der Waals surface area (Å²) >= 11 is 6.20. The van der Waals surface area contributed by atoms with Crippen molar-refractivity contribution in [3.05, 3.63) is 70.5 Å². The second kappa shape index (κ2) is 15.4. The molecule has 1 aliphatic rings. The number of carbonyl (C=O) groups excluding carboxylic acids is 2. The van der Waals surface area contributed by atoms with Gasteiger partial charge in [-0.25, -0.2) is 4.39 Å². The van der Waals surface area contributed by atoms with Gasteiger partial charge in [-0.1, -0.05) is 43.6 Å². The van der Waals surface area contributed by atoms with Gasteiger partial charge in [0.15, 0.2) is 0 Å². The minimum absolute atomic E-state index is 0.0663. The summed E-state index contributed by atoms with van der Waals surface area (Å²) in [6.45, 7) is 4.60. The summed E-state index contributed by atoms with van der Waals surface area (Å²) in [7, 11) is 1.37. The Hall–Kier alpha value is -2.56. The number of ether oxygens (including phenoxy) is 2. The smallest absolute Gasteiger partial charge is 0.256 e. The summed E-state index contributed by atoms with van der Waals surface area (Å²) in [5.41, 5.74) is 0.298. The highest BCUT2D eigenvalue weighted by Gasteiger charge is 2.34. The van der Waals surface area contributed by atoms with Crippen LogP contribution < -0.4 is 0 Å². The Morgan fingerprint density at radius 3 is 2.52 bits per heavy atom. The molecule has 0 radical (unpaired) electrons. The Kier molecular flexibility index (Phi) is 12.3. The molecular formula is C30H40ClFN2O6. The molecule has 1 fully saturated rings. The van der Waals surface area contributed by atoms with Gasteiger partial charge in [0.05, 0.1) is 12.2 Å². The number of carbonyl (C=O) groups is 2. The largest absolute Gasteiger partial charge is 0.388 e. The van der Waals surface area contributed by atoms with E-state index in [0.29, 0.717) is 43.0 Å². The molecule has 0 aliphatic carbocycles. The number of amides is 2. The Morgan fingerprint density at radius 2 is 1.85 bits per heavy atom. The van der Waals surface area contributed by atoms with E-state index in [0.717, 1.165) is 0 Å². The van der Waals surface area contributed by atoms with Gasteiger partial charge in [0.25, 0.3) is 11.8 Å². The zero-order valence-electron chi connectivity index (χ0n) is 23.3. The molecule has 220 valence electrons. The second-order valence-electron chi connectivity index (χ2n) is 10.6. The van der Waals surface area contributed by atoms with Crippen molar-refractivity contribution in [3.63, 3.8) is 0 Å². The van der Waals surface area contributed by atoms with Gasteiger partial charge in [0, 0.05) is 50.0 Å². The van der Waals surface area contributed by atoms with Crippen LogP contribution in [0.2, 0.25) is 5.02 Å². The van der Waals surface area contributed by atoms with Crippen LogP contribution in [0.25, 0.3) is 0 Å². The first kappa shape index (κ1) is 32.0. The zero-order valence-corrected chi connectivity index (χ0v) is 24.1. The normalized spacial score (nSPS) is 23.6. The van der Waals surface area contributed by atoms with Crippen molar-refractivity contribution in [3.8, 4) is 0 Å². The third-order valence-corrected chi connectivity index (χ3v) is 7.28. The van der Waals surface area contributed by atoms with Gasteiger partial charge in [-0.3, -0.25) is 9.59 Å². The Morgan fingerprint density at radius 1 is 1.10 bits per heavy atom. The quantitative estimate of drug-likeness (QED) is 0.556. The SMILES string of the molecule is CO[C@@H]1CN(C(=O)c2ccccc2F)C[C@@H](CC(C)C)N(C(=O)c2cccc(Cl)c2)CCCCOC[C@@H](O)[C@H]1O. The van der Waals surface area contributed by atoms with Gasteiger partial charge >= 0.3 is 0 Å². The van der Waals surface area contributed by atoms with Crippen molar-refractivity contribution in [1.82, 2.24) is 9.80 Å².